The summed E-state index contributed by atoms with van der Waals surface area (Å²) in [6.07, 6.45) is 4.50. The maximum absolute atomic E-state index is 13.2. The van der Waals surface area contributed by atoms with E-state index < -0.39 is 15.9 Å². The number of nitrogens with one attached hydrogen (secondary N) is 2. The van der Waals surface area contributed by atoms with Crippen molar-refractivity contribution in [2.24, 2.45) is 0 Å². The lowest BCUT2D eigenvalue weighted by atomic mass is 10.1. The highest BCUT2D eigenvalue weighted by atomic mass is 32.2. The van der Waals surface area contributed by atoms with E-state index in [9.17, 15) is 18.0 Å². The standard InChI is InChI=1S/C25H31N3O6S/c1-33-23-12-11-19(35(31,32)28-13-5-2-6-14-28)16-21(23)25(30)27-22-10-4-3-9-20(22)24(29)26-17-18-8-7-15-34-18/h3-4,9-12,16,18H,2,5-8,13-15,17H2,1H3,(H,26,29)(H,27,30)/t18-/m0/s1. The minimum absolute atomic E-state index is 0.00504. The number of sulfonamides is 1. The predicted octanol–water partition coefficient (Wildman–Crippen LogP) is 3.03. The van der Waals surface area contributed by atoms with Crippen LogP contribution in [0.3, 0.4) is 0 Å². The first-order valence-corrected chi connectivity index (χ1v) is 13.3. The van der Waals surface area contributed by atoms with Crippen LogP contribution in [0, 0.1) is 0 Å². The molecule has 2 fully saturated rings. The first-order valence-electron chi connectivity index (χ1n) is 11.9. The van der Waals surface area contributed by atoms with Crippen molar-refractivity contribution in [3.05, 3.63) is 53.6 Å². The fourth-order valence-corrected chi connectivity index (χ4v) is 5.91. The molecule has 0 aliphatic carbocycles. The molecule has 0 saturated carbocycles. The van der Waals surface area contributed by atoms with Gasteiger partial charge in [0.1, 0.15) is 5.75 Å². The number of hydrogen-bond acceptors (Lipinski definition) is 6. The molecule has 2 heterocycles. The van der Waals surface area contributed by atoms with E-state index in [0.717, 1.165) is 32.1 Å². The molecule has 2 N–H and O–H groups in total. The van der Waals surface area contributed by atoms with Gasteiger partial charge >= 0.3 is 0 Å². The second kappa shape index (κ2) is 11.2. The summed E-state index contributed by atoms with van der Waals surface area (Å²) in [6, 6.07) is 10.9. The minimum Gasteiger partial charge on any atom is -0.496 e. The highest BCUT2D eigenvalue weighted by Crippen LogP contribution is 2.27. The van der Waals surface area contributed by atoms with Crippen LogP contribution in [0.15, 0.2) is 47.4 Å². The number of methoxy groups -OCH3 is 1. The Morgan fingerprint density at radius 1 is 1.03 bits per heavy atom. The molecule has 2 saturated heterocycles. The van der Waals surface area contributed by atoms with Gasteiger partial charge in [-0.15, -0.1) is 0 Å². The Balaban J connectivity index is 1.55. The highest BCUT2D eigenvalue weighted by molar-refractivity contribution is 7.89. The van der Waals surface area contributed by atoms with Crippen LogP contribution in [0.1, 0.15) is 52.8 Å². The van der Waals surface area contributed by atoms with E-state index in [2.05, 4.69) is 10.6 Å². The summed E-state index contributed by atoms with van der Waals surface area (Å²) >= 11 is 0. The molecule has 4 rings (SSSR count). The number of carbonyl (C=O) groups excluding carboxylic acids is 2. The third-order valence-corrected chi connectivity index (χ3v) is 8.20. The monoisotopic (exact) mass is 501 g/mol. The Morgan fingerprint density at radius 2 is 1.80 bits per heavy atom. The molecule has 1 atom stereocenters. The second-order valence-electron chi connectivity index (χ2n) is 8.67. The summed E-state index contributed by atoms with van der Waals surface area (Å²) in [5.41, 5.74) is 0.684. The number of piperidine rings is 1. The Labute approximate surface area is 205 Å². The Hall–Kier alpha value is -2.95. The minimum atomic E-state index is -3.73. The molecular weight excluding hydrogens is 470 g/mol. The van der Waals surface area contributed by atoms with Crippen LogP contribution in [0.5, 0.6) is 5.75 Å². The molecule has 2 aromatic rings. The van der Waals surface area contributed by atoms with Crippen molar-refractivity contribution < 1.29 is 27.5 Å². The van der Waals surface area contributed by atoms with Gasteiger partial charge in [-0.3, -0.25) is 9.59 Å². The van der Waals surface area contributed by atoms with Crippen LogP contribution in [0.4, 0.5) is 5.69 Å². The molecule has 0 spiro atoms. The summed E-state index contributed by atoms with van der Waals surface area (Å²) in [6.45, 7) is 2.02. The molecule has 9 nitrogen and oxygen atoms in total. The van der Waals surface area contributed by atoms with Crippen molar-refractivity contribution in [1.82, 2.24) is 9.62 Å². The van der Waals surface area contributed by atoms with Crippen LogP contribution < -0.4 is 15.4 Å². The molecule has 2 aliphatic heterocycles. The van der Waals surface area contributed by atoms with E-state index >= 15 is 0 Å². The van der Waals surface area contributed by atoms with Gasteiger partial charge in [0.05, 0.1) is 34.9 Å². The molecular formula is C25H31N3O6S. The zero-order valence-electron chi connectivity index (χ0n) is 19.8. The van der Waals surface area contributed by atoms with Gasteiger partial charge in [0.2, 0.25) is 10.0 Å². The van der Waals surface area contributed by atoms with Gasteiger partial charge in [0, 0.05) is 26.2 Å². The molecule has 2 aliphatic rings. The van der Waals surface area contributed by atoms with Crippen LogP contribution in [0.25, 0.3) is 0 Å². The number of hydrogen-bond donors (Lipinski definition) is 2. The van der Waals surface area contributed by atoms with Crippen LogP contribution in [-0.2, 0) is 14.8 Å². The molecule has 10 heteroatoms. The lowest BCUT2D eigenvalue weighted by Gasteiger charge is -2.26. The lowest BCUT2D eigenvalue weighted by molar-refractivity contribution is 0.0858. The van der Waals surface area contributed by atoms with Crippen molar-refractivity contribution in [2.75, 3.05) is 38.7 Å². The number of anilines is 1. The van der Waals surface area contributed by atoms with Crippen molar-refractivity contribution in [1.29, 1.82) is 0 Å². The Morgan fingerprint density at radius 3 is 2.51 bits per heavy atom. The summed E-state index contributed by atoms with van der Waals surface area (Å²) in [7, 11) is -2.32. The van der Waals surface area contributed by atoms with Gasteiger partial charge in [-0.1, -0.05) is 18.6 Å². The van der Waals surface area contributed by atoms with E-state index in [4.69, 9.17) is 9.47 Å². The van der Waals surface area contributed by atoms with E-state index in [-0.39, 0.29) is 28.2 Å². The smallest absolute Gasteiger partial charge is 0.259 e. The van der Waals surface area contributed by atoms with Crippen molar-refractivity contribution in [3.8, 4) is 5.75 Å². The van der Waals surface area contributed by atoms with Crippen molar-refractivity contribution in [2.45, 2.75) is 43.1 Å². The van der Waals surface area contributed by atoms with Crippen molar-refractivity contribution in [3.63, 3.8) is 0 Å². The summed E-state index contributed by atoms with van der Waals surface area (Å²) in [5, 5.41) is 5.61. The van der Waals surface area contributed by atoms with Gasteiger partial charge in [-0.05, 0) is 56.0 Å². The van der Waals surface area contributed by atoms with Gasteiger partial charge in [-0.2, -0.15) is 4.31 Å². The third-order valence-electron chi connectivity index (χ3n) is 6.30. The number of carbonyl (C=O) groups is 2. The largest absolute Gasteiger partial charge is 0.496 e. The van der Waals surface area contributed by atoms with Crippen LogP contribution in [-0.4, -0.2) is 64.0 Å². The number of amides is 2. The number of rotatable bonds is 8. The predicted molar refractivity (Wildman–Crippen MR) is 131 cm³/mol. The number of benzene rings is 2. The Bertz CT molecular complexity index is 1170. The topological polar surface area (TPSA) is 114 Å². The molecule has 0 radical (unpaired) electrons. The van der Waals surface area contributed by atoms with E-state index in [1.54, 1.807) is 24.3 Å². The molecule has 0 bridgehead atoms. The van der Waals surface area contributed by atoms with E-state index in [1.165, 1.54) is 29.6 Å². The first-order chi connectivity index (χ1) is 16.9. The van der Waals surface area contributed by atoms with Crippen LogP contribution in [0.2, 0.25) is 0 Å². The van der Waals surface area contributed by atoms with Gasteiger partial charge in [-0.25, -0.2) is 8.42 Å². The normalized spacial score (nSPS) is 18.7. The molecule has 2 amide bonds. The SMILES string of the molecule is COc1ccc(S(=O)(=O)N2CCCCC2)cc1C(=O)Nc1ccccc1C(=O)NC[C@@H]1CCCO1. The maximum atomic E-state index is 13.2. The number of ether oxygens (including phenoxy) is 2. The number of nitrogens with zero attached hydrogens (tertiary/aromatic N) is 1. The fourth-order valence-electron chi connectivity index (χ4n) is 4.37. The maximum Gasteiger partial charge on any atom is 0.259 e. The molecule has 2 aromatic carbocycles. The quantitative estimate of drug-likeness (QED) is 0.575. The Kier molecular flexibility index (Phi) is 8.04. The molecule has 0 aromatic heterocycles. The fraction of sp³-hybridized carbons (Fsp3) is 0.440. The van der Waals surface area contributed by atoms with Gasteiger partial charge < -0.3 is 20.1 Å². The summed E-state index contributed by atoms with van der Waals surface area (Å²) in [4.78, 5) is 26.1. The van der Waals surface area contributed by atoms with E-state index in [0.29, 0.717) is 37.5 Å². The van der Waals surface area contributed by atoms with Gasteiger partial charge in [0.15, 0.2) is 0 Å². The van der Waals surface area contributed by atoms with Crippen LogP contribution >= 0.6 is 0 Å². The summed E-state index contributed by atoms with van der Waals surface area (Å²) < 4.78 is 38.6. The van der Waals surface area contributed by atoms with Gasteiger partial charge in [0.25, 0.3) is 11.8 Å². The molecule has 35 heavy (non-hydrogen) atoms. The highest BCUT2D eigenvalue weighted by Gasteiger charge is 2.28. The summed E-state index contributed by atoms with van der Waals surface area (Å²) in [5.74, 6) is -0.665. The third kappa shape index (κ3) is 5.83. The average molecular weight is 502 g/mol. The number of para-hydroxylation sites is 1. The first kappa shape index (κ1) is 25.2. The zero-order valence-corrected chi connectivity index (χ0v) is 20.6. The molecule has 0 unspecified atom stereocenters. The lowest BCUT2D eigenvalue weighted by Crippen LogP contribution is -2.35. The average Bonchev–Trinajstić information content (AvgIpc) is 3.41. The van der Waals surface area contributed by atoms with E-state index in [1.807, 2.05) is 0 Å². The van der Waals surface area contributed by atoms with Crippen molar-refractivity contribution >= 4 is 27.5 Å². The second-order valence-corrected chi connectivity index (χ2v) is 10.6. The molecule has 188 valence electrons. The zero-order chi connectivity index (χ0) is 24.8.